The maximum absolute atomic E-state index is 5.00. The predicted octanol–water partition coefficient (Wildman–Crippen LogP) is 7.19. The van der Waals surface area contributed by atoms with Gasteiger partial charge < -0.3 is 0 Å². The summed E-state index contributed by atoms with van der Waals surface area (Å²) in [6.07, 6.45) is 0. The zero-order valence-electron chi connectivity index (χ0n) is 18.1. The summed E-state index contributed by atoms with van der Waals surface area (Å²) in [6.45, 7) is 4.61. The van der Waals surface area contributed by atoms with Gasteiger partial charge in [0.15, 0.2) is 0 Å². The molecule has 4 aromatic rings. The van der Waals surface area contributed by atoms with Crippen molar-refractivity contribution in [3.05, 3.63) is 121 Å². The van der Waals surface area contributed by atoms with Gasteiger partial charge in [0, 0.05) is 0 Å². The van der Waals surface area contributed by atoms with E-state index in [9.17, 15) is 0 Å². The van der Waals surface area contributed by atoms with Crippen LogP contribution >= 0.6 is 42.6 Å². The SMILES string of the molecule is CP(c1ccccc1)c1ccccc1.CP(c1ccccc1)c1ccccc1.[Cl][Sn]([Cl])[Cl]. The minimum absolute atomic E-state index is 0.171. The molecule has 32 heavy (non-hydrogen) atoms. The summed E-state index contributed by atoms with van der Waals surface area (Å²) in [6, 6.07) is 42.8. The van der Waals surface area contributed by atoms with E-state index in [4.69, 9.17) is 26.8 Å². The van der Waals surface area contributed by atoms with Crippen molar-refractivity contribution in [2.45, 2.75) is 0 Å². The van der Waals surface area contributed by atoms with Crippen LogP contribution in [-0.4, -0.2) is 29.7 Å². The van der Waals surface area contributed by atoms with E-state index in [1.54, 1.807) is 0 Å². The molecule has 6 heteroatoms. The summed E-state index contributed by atoms with van der Waals surface area (Å²) in [5.41, 5.74) is 0. The molecular weight excluding hydrogens is 599 g/mol. The molecular formula is C26H26Cl3P2Sn. The molecule has 0 unspecified atom stereocenters. The summed E-state index contributed by atoms with van der Waals surface area (Å²) in [4.78, 5) is 0. The van der Waals surface area contributed by atoms with Gasteiger partial charge >= 0.3 is 43.1 Å². The Kier molecular flexibility index (Phi) is 13.9. The van der Waals surface area contributed by atoms with Crippen LogP contribution in [0.2, 0.25) is 0 Å². The van der Waals surface area contributed by atoms with Crippen LogP contribution in [0.5, 0.6) is 0 Å². The molecule has 0 heterocycles. The zero-order valence-corrected chi connectivity index (χ0v) is 25.0. The topological polar surface area (TPSA) is 0 Å². The van der Waals surface area contributed by atoms with Crippen molar-refractivity contribution in [2.24, 2.45) is 0 Å². The molecule has 0 saturated heterocycles. The first-order valence-electron chi connectivity index (χ1n) is 10.00. The molecule has 0 saturated carbocycles. The molecule has 4 aromatic carbocycles. The maximum atomic E-state index is 5.00. The molecule has 0 atom stereocenters. The standard InChI is InChI=1S/2C13H13P.3ClH.Sn/c2*1-14(12-8-4-2-5-9-12)13-10-6-3-7-11-13;;;;/h2*2-11H,1H3;3*1H;/q;;;;;+3/p-3. The fraction of sp³-hybridized carbons (Fsp3) is 0.0769. The van der Waals surface area contributed by atoms with Crippen molar-refractivity contribution in [1.29, 1.82) is 0 Å². The van der Waals surface area contributed by atoms with E-state index in [-0.39, 0.29) is 15.8 Å². The third kappa shape index (κ3) is 10.6. The first-order chi connectivity index (χ1) is 15.5. The Bertz CT molecular complexity index is 826. The van der Waals surface area contributed by atoms with Gasteiger partial charge in [-0.2, -0.15) is 0 Å². The average Bonchev–Trinajstić information content (AvgIpc) is 2.85. The van der Waals surface area contributed by atoms with Crippen molar-refractivity contribution in [3.8, 4) is 0 Å². The molecule has 0 spiro atoms. The Hall–Kier alpha value is -0.591. The van der Waals surface area contributed by atoms with E-state index in [0.717, 1.165) is 0 Å². The molecule has 0 N–H and O–H groups in total. The van der Waals surface area contributed by atoms with E-state index in [1.165, 1.54) is 21.2 Å². The summed E-state index contributed by atoms with van der Waals surface area (Å²) in [5, 5.41) is 5.75. The quantitative estimate of drug-likeness (QED) is 0.167. The van der Waals surface area contributed by atoms with Gasteiger partial charge in [-0.15, -0.1) is 0 Å². The van der Waals surface area contributed by atoms with E-state index in [2.05, 4.69) is 135 Å². The van der Waals surface area contributed by atoms with Crippen LogP contribution in [0.3, 0.4) is 0 Å². The van der Waals surface area contributed by atoms with E-state index < -0.39 is 16.4 Å². The van der Waals surface area contributed by atoms with Crippen LogP contribution in [0.1, 0.15) is 0 Å². The van der Waals surface area contributed by atoms with Gasteiger partial charge in [-0.25, -0.2) is 0 Å². The number of hydrogen-bond acceptors (Lipinski definition) is 0. The Morgan fingerprint density at radius 3 is 0.719 bits per heavy atom. The van der Waals surface area contributed by atoms with E-state index in [1.807, 2.05) is 0 Å². The first-order valence-corrected chi connectivity index (χ1v) is 24.4. The third-order valence-corrected chi connectivity index (χ3v) is 8.86. The number of rotatable bonds is 4. The van der Waals surface area contributed by atoms with Gasteiger partial charge in [0.25, 0.3) is 0 Å². The Labute approximate surface area is 213 Å². The molecule has 0 aromatic heterocycles. The normalized spacial score (nSPS) is 10.2. The van der Waals surface area contributed by atoms with Crippen molar-refractivity contribution in [2.75, 3.05) is 13.3 Å². The number of benzene rings is 4. The van der Waals surface area contributed by atoms with Gasteiger partial charge in [0.1, 0.15) is 0 Å². The van der Waals surface area contributed by atoms with Crippen molar-refractivity contribution in [3.63, 3.8) is 0 Å². The average molecular weight is 626 g/mol. The predicted molar refractivity (Wildman–Crippen MR) is 153 cm³/mol. The molecule has 165 valence electrons. The summed E-state index contributed by atoms with van der Waals surface area (Å²) in [5.74, 6) is 0. The molecule has 0 aliphatic carbocycles. The van der Waals surface area contributed by atoms with Gasteiger partial charge in [-0.05, 0) is 50.4 Å². The fourth-order valence-corrected chi connectivity index (χ4v) is 5.98. The van der Waals surface area contributed by atoms with Crippen LogP contribution in [0, 0.1) is 0 Å². The number of halogens is 3. The van der Waals surface area contributed by atoms with Gasteiger partial charge in [-0.1, -0.05) is 121 Å². The van der Waals surface area contributed by atoms with Crippen molar-refractivity contribution >= 4 is 80.2 Å². The zero-order chi connectivity index (χ0) is 23.2. The molecule has 1 radical (unpaired) electrons. The second-order valence-corrected chi connectivity index (χ2v) is 23.7. The van der Waals surface area contributed by atoms with Crippen LogP contribution in [-0.2, 0) is 0 Å². The summed E-state index contributed by atoms with van der Waals surface area (Å²) >= 11 is -2.13. The molecule has 0 amide bonds. The van der Waals surface area contributed by atoms with Gasteiger partial charge in [0.2, 0.25) is 0 Å². The molecule has 0 aliphatic rings. The molecule has 0 nitrogen and oxygen atoms in total. The third-order valence-electron chi connectivity index (χ3n) is 4.57. The second kappa shape index (κ2) is 16.1. The second-order valence-electron chi connectivity index (χ2n) is 6.67. The summed E-state index contributed by atoms with van der Waals surface area (Å²) in [7, 11) is 14.7. The van der Waals surface area contributed by atoms with Crippen LogP contribution in [0.15, 0.2) is 121 Å². The first kappa shape index (κ1) is 27.7. The molecule has 0 aliphatic heterocycles. The Morgan fingerprint density at radius 2 is 0.562 bits per heavy atom. The fourth-order valence-electron chi connectivity index (χ4n) is 2.90. The van der Waals surface area contributed by atoms with Gasteiger partial charge in [0.05, 0.1) is 0 Å². The van der Waals surface area contributed by atoms with Crippen molar-refractivity contribution in [1.82, 2.24) is 0 Å². The van der Waals surface area contributed by atoms with Crippen LogP contribution < -0.4 is 21.2 Å². The Balaban J connectivity index is 0.000000195. The van der Waals surface area contributed by atoms with Crippen molar-refractivity contribution < 1.29 is 0 Å². The van der Waals surface area contributed by atoms with E-state index in [0.29, 0.717) is 0 Å². The van der Waals surface area contributed by atoms with E-state index >= 15 is 0 Å². The molecule has 4 rings (SSSR count). The van der Waals surface area contributed by atoms with Crippen LogP contribution in [0.4, 0.5) is 0 Å². The molecule has 0 fully saturated rings. The monoisotopic (exact) mass is 625 g/mol. The van der Waals surface area contributed by atoms with Crippen LogP contribution in [0.25, 0.3) is 0 Å². The minimum atomic E-state index is -2.13. The Morgan fingerprint density at radius 1 is 0.406 bits per heavy atom. The number of hydrogen-bond donors (Lipinski definition) is 0. The summed E-state index contributed by atoms with van der Waals surface area (Å²) < 4.78 is 0. The van der Waals surface area contributed by atoms with Gasteiger partial charge in [-0.3, -0.25) is 0 Å². The molecule has 0 bridgehead atoms.